The molecule has 5 heteroatoms. The van der Waals surface area contributed by atoms with Crippen LogP contribution in [0.25, 0.3) is 0 Å². The fourth-order valence-corrected chi connectivity index (χ4v) is 8.76. The van der Waals surface area contributed by atoms with Gasteiger partial charge in [0.2, 0.25) is 10.0 Å². The predicted octanol–water partition coefficient (Wildman–Crippen LogP) is 2.95. The predicted molar refractivity (Wildman–Crippen MR) is 95.1 cm³/mol. The summed E-state index contributed by atoms with van der Waals surface area (Å²) in [6.07, 6.45) is 2.03. The molecule has 0 aromatic heterocycles. The van der Waals surface area contributed by atoms with E-state index in [1.165, 1.54) is 5.30 Å². The minimum absolute atomic E-state index is 0.178. The fourth-order valence-electron chi connectivity index (χ4n) is 3.71. The van der Waals surface area contributed by atoms with Crippen LogP contribution in [0.15, 0.2) is 59.5 Å². The SMILES string of the molecule is Cc1ccc(S(=O)(=O)N2C[C@@H]3C[C@H]2C[P@@]3c2ccccc2)cc1. The largest absolute Gasteiger partial charge is 0.243 e. The Hall–Kier alpha value is -1.22. The van der Waals surface area contributed by atoms with Gasteiger partial charge in [-0.2, -0.15) is 4.31 Å². The van der Waals surface area contributed by atoms with E-state index in [1.807, 2.05) is 25.1 Å². The lowest BCUT2D eigenvalue weighted by Crippen LogP contribution is -2.40. The quantitative estimate of drug-likeness (QED) is 0.802. The summed E-state index contributed by atoms with van der Waals surface area (Å²) in [6.45, 7) is 2.66. The number of aryl methyl sites for hydroxylation is 1. The van der Waals surface area contributed by atoms with Crippen molar-refractivity contribution in [3.8, 4) is 0 Å². The molecule has 2 fully saturated rings. The van der Waals surface area contributed by atoms with Crippen LogP contribution in [0.4, 0.5) is 0 Å². The normalized spacial score (nSPS) is 27.4. The molecule has 2 aliphatic heterocycles. The molecule has 23 heavy (non-hydrogen) atoms. The number of benzene rings is 2. The van der Waals surface area contributed by atoms with E-state index in [9.17, 15) is 8.42 Å². The zero-order valence-corrected chi connectivity index (χ0v) is 14.8. The van der Waals surface area contributed by atoms with Gasteiger partial charge in [-0.3, -0.25) is 0 Å². The summed E-state index contributed by atoms with van der Waals surface area (Å²) in [7, 11) is -3.56. The first kappa shape index (κ1) is 15.3. The van der Waals surface area contributed by atoms with Crippen LogP contribution in [0.5, 0.6) is 0 Å². The average molecular weight is 345 g/mol. The third kappa shape index (κ3) is 2.63. The maximum absolute atomic E-state index is 12.9. The van der Waals surface area contributed by atoms with E-state index in [0.29, 0.717) is 17.1 Å². The monoisotopic (exact) mass is 345 g/mol. The van der Waals surface area contributed by atoms with E-state index in [2.05, 4.69) is 24.3 Å². The van der Waals surface area contributed by atoms with Crippen LogP contribution in [0, 0.1) is 6.92 Å². The molecule has 2 aromatic rings. The molecule has 0 aliphatic carbocycles. The highest BCUT2D eigenvalue weighted by Gasteiger charge is 2.49. The average Bonchev–Trinajstić information content (AvgIpc) is 3.17. The van der Waals surface area contributed by atoms with Crippen molar-refractivity contribution < 1.29 is 8.42 Å². The van der Waals surface area contributed by atoms with Crippen molar-refractivity contribution in [3.63, 3.8) is 0 Å². The first-order valence-corrected chi connectivity index (χ1v) is 11.0. The van der Waals surface area contributed by atoms with Crippen LogP contribution < -0.4 is 5.30 Å². The lowest BCUT2D eigenvalue weighted by molar-refractivity contribution is 0.408. The van der Waals surface area contributed by atoms with Crippen LogP contribution >= 0.6 is 7.92 Å². The Morgan fingerprint density at radius 1 is 1.04 bits per heavy atom. The Labute approximate surface area is 139 Å². The number of hydrogen-bond acceptors (Lipinski definition) is 2. The Kier molecular flexibility index (Phi) is 3.79. The molecule has 4 rings (SSSR count). The van der Waals surface area contributed by atoms with Crippen LogP contribution in [-0.4, -0.2) is 37.1 Å². The number of rotatable bonds is 3. The second-order valence-corrected chi connectivity index (χ2v) is 10.9. The number of nitrogens with zero attached hydrogens (tertiary/aromatic N) is 1. The van der Waals surface area contributed by atoms with Crippen molar-refractivity contribution in [2.45, 2.75) is 29.9 Å². The molecule has 3 atom stereocenters. The molecule has 3 nitrogen and oxygen atoms in total. The summed E-state index contributed by atoms with van der Waals surface area (Å²) in [5.74, 6) is 0. The van der Waals surface area contributed by atoms with Crippen molar-refractivity contribution in [2.24, 2.45) is 0 Å². The van der Waals surface area contributed by atoms with E-state index >= 15 is 0 Å². The van der Waals surface area contributed by atoms with Crippen molar-refractivity contribution in [3.05, 3.63) is 60.2 Å². The van der Waals surface area contributed by atoms with Crippen LogP contribution in [0.2, 0.25) is 0 Å². The Bertz CT molecular complexity index is 805. The van der Waals surface area contributed by atoms with Crippen molar-refractivity contribution in [2.75, 3.05) is 12.7 Å². The summed E-state index contributed by atoms with van der Waals surface area (Å²) in [5, 5.41) is 1.42. The Morgan fingerprint density at radius 2 is 1.74 bits per heavy atom. The molecule has 0 amide bonds. The van der Waals surface area contributed by atoms with Gasteiger partial charge in [0.25, 0.3) is 0 Å². The minimum Gasteiger partial charge on any atom is -0.207 e. The second kappa shape index (κ2) is 5.70. The molecule has 2 aromatic carbocycles. The molecule has 0 saturated carbocycles. The summed E-state index contributed by atoms with van der Waals surface area (Å²) in [4.78, 5) is 0.430. The lowest BCUT2D eigenvalue weighted by Gasteiger charge is -2.31. The molecule has 0 N–H and O–H groups in total. The highest BCUT2D eigenvalue weighted by molar-refractivity contribution is 7.89. The van der Waals surface area contributed by atoms with Crippen molar-refractivity contribution in [1.82, 2.24) is 4.31 Å². The first-order chi connectivity index (χ1) is 11.1. The van der Waals surface area contributed by atoms with Gasteiger partial charge in [0.1, 0.15) is 0 Å². The van der Waals surface area contributed by atoms with Crippen LogP contribution in [0.1, 0.15) is 12.0 Å². The van der Waals surface area contributed by atoms with Gasteiger partial charge in [-0.05, 0) is 42.6 Å². The van der Waals surface area contributed by atoms with E-state index in [1.54, 1.807) is 16.4 Å². The maximum atomic E-state index is 12.9. The first-order valence-electron chi connectivity index (χ1n) is 7.96. The van der Waals surface area contributed by atoms with E-state index in [-0.39, 0.29) is 14.0 Å². The number of hydrogen-bond donors (Lipinski definition) is 0. The standard InChI is InChI=1S/C18H20NO2PS/c1-14-7-9-18(10-8-14)23(20,21)19-12-17-11-15(19)13-22(17)16-5-3-2-4-6-16/h2-10,15,17H,11-13H2,1H3/t15-,17-,22-/m0/s1. The van der Waals surface area contributed by atoms with Crippen molar-refractivity contribution >= 4 is 23.2 Å². The molecule has 0 spiro atoms. The third-order valence-corrected chi connectivity index (χ3v) is 9.87. The molecular weight excluding hydrogens is 325 g/mol. The minimum atomic E-state index is -3.35. The zero-order chi connectivity index (χ0) is 16.0. The van der Waals surface area contributed by atoms with Crippen LogP contribution in [-0.2, 0) is 10.0 Å². The molecule has 2 saturated heterocycles. The smallest absolute Gasteiger partial charge is 0.207 e. The Balaban J connectivity index is 1.57. The van der Waals surface area contributed by atoms with Crippen LogP contribution in [0.3, 0.4) is 0 Å². The van der Waals surface area contributed by atoms with Gasteiger partial charge in [0.05, 0.1) is 4.90 Å². The summed E-state index contributed by atoms with van der Waals surface area (Å²) in [5.41, 5.74) is 1.59. The topological polar surface area (TPSA) is 37.4 Å². The van der Waals surface area contributed by atoms with Gasteiger partial charge in [-0.25, -0.2) is 8.42 Å². The highest BCUT2D eigenvalue weighted by Crippen LogP contribution is 2.55. The molecule has 2 aliphatic rings. The van der Waals surface area contributed by atoms with Gasteiger partial charge in [-0.1, -0.05) is 55.9 Å². The maximum Gasteiger partial charge on any atom is 0.243 e. The summed E-state index contributed by atoms with van der Waals surface area (Å²) in [6, 6.07) is 18.0. The molecular formula is C18H20NO2PS. The molecule has 2 heterocycles. The van der Waals surface area contributed by atoms with Gasteiger partial charge in [0, 0.05) is 12.6 Å². The van der Waals surface area contributed by atoms with Gasteiger partial charge in [-0.15, -0.1) is 0 Å². The Morgan fingerprint density at radius 3 is 2.35 bits per heavy atom. The van der Waals surface area contributed by atoms with Crippen molar-refractivity contribution in [1.29, 1.82) is 0 Å². The molecule has 2 bridgehead atoms. The third-order valence-electron chi connectivity index (χ3n) is 4.91. The van der Waals surface area contributed by atoms with Gasteiger partial charge >= 0.3 is 0 Å². The van der Waals surface area contributed by atoms with E-state index in [0.717, 1.165) is 18.1 Å². The van der Waals surface area contributed by atoms with E-state index in [4.69, 9.17) is 0 Å². The summed E-state index contributed by atoms with van der Waals surface area (Å²) >= 11 is 0. The molecule has 0 radical (unpaired) electrons. The van der Waals surface area contributed by atoms with E-state index < -0.39 is 10.0 Å². The van der Waals surface area contributed by atoms with Gasteiger partial charge in [0.15, 0.2) is 0 Å². The molecule has 0 unspecified atom stereocenters. The fraction of sp³-hybridized carbons (Fsp3) is 0.333. The summed E-state index contributed by atoms with van der Waals surface area (Å²) < 4.78 is 27.6. The van der Waals surface area contributed by atoms with Gasteiger partial charge < -0.3 is 0 Å². The molecule has 120 valence electrons. The highest BCUT2D eigenvalue weighted by atomic mass is 32.2. The number of sulfonamides is 1. The zero-order valence-electron chi connectivity index (χ0n) is 13.1. The number of fused-ring (bicyclic) bond motifs is 2. The lowest BCUT2D eigenvalue weighted by atomic mass is 10.2. The second-order valence-electron chi connectivity index (χ2n) is 6.42.